The maximum absolute atomic E-state index is 12.5. The van der Waals surface area contributed by atoms with E-state index in [9.17, 15) is 4.79 Å². The third-order valence-corrected chi connectivity index (χ3v) is 7.03. The summed E-state index contributed by atoms with van der Waals surface area (Å²) in [4.78, 5) is 14.7. The first kappa shape index (κ1) is 20.9. The first-order valence-electron chi connectivity index (χ1n) is 9.85. The lowest BCUT2D eigenvalue weighted by Crippen LogP contribution is -2.38. The molecule has 2 fully saturated rings. The molecule has 0 bridgehead atoms. The van der Waals surface area contributed by atoms with Crippen LogP contribution in [0.1, 0.15) is 19.8 Å². The van der Waals surface area contributed by atoms with Gasteiger partial charge in [-0.1, -0.05) is 48.1 Å². The molecule has 5 nitrogen and oxygen atoms in total. The van der Waals surface area contributed by atoms with E-state index < -0.39 is 0 Å². The molecule has 3 atom stereocenters. The van der Waals surface area contributed by atoms with Crippen LogP contribution >= 0.6 is 34.8 Å². The Morgan fingerprint density at radius 3 is 2.76 bits per heavy atom. The van der Waals surface area contributed by atoms with Crippen molar-refractivity contribution in [3.05, 3.63) is 55.9 Å². The van der Waals surface area contributed by atoms with E-state index >= 15 is 0 Å². The molecular weight excluding hydrogens is 433 g/mol. The lowest BCUT2D eigenvalue weighted by molar-refractivity contribution is 0.279. The van der Waals surface area contributed by atoms with Crippen molar-refractivity contribution in [1.29, 1.82) is 0 Å². The van der Waals surface area contributed by atoms with E-state index in [4.69, 9.17) is 45.3 Å². The molecule has 2 aliphatic rings. The Bertz CT molecular complexity index is 980. The van der Waals surface area contributed by atoms with Crippen LogP contribution < -0.4 is 20.9 Å². The van der Waals surface area contributed by atoms with Crippen LogP contribution in [0.15, 0.2) is 35.3 Å². The van der Waals surface area contributed by atoms with Gasteiger partial charge in [0.15, 0.2) is 0 Å². The summed E-state index contributed by atoms with van der Waals surface area (Å²) < 4.78 is 7.56. The van der Waals surface area contributed by atoms with Gasteiger partial charge in [-0.05, 0) is 24.6 Å². The fraction of sp³-hybridized carbons (Fsp3) is 0.476. The molecule has 1 saturated carbocycles. The molecule has 0 unspecified atom stereocenters. The summed E-state index contributed by atoms with van der Waals surface area (Å²) in [5, 5.41) is 1.38. The van der Waals surface area contributed by atoms with Crippen molar-refractivity contribution in [1.82, 2.24) is 4.57 Å². The van der Waals surface area contributed by atoms with Gasteiger partial charge in [-0.15, -0.1) is 0 Å². The number of rotatable bonds is 7. The van der Waals surface area contributed by atoms with Gasteiger partial charge in [-0.25, -0.2) is 0 Å². The third kappa shape index (κ3) is 3.86. The molecule has 2 N–H and O–H groups in total. The molecule has 0 radical (unpaired) electrons. The summed E-state index contributed by atoms with van der Waals surface area (Å²) in [6.45, 7) is 4.67. The normalized spacial score (nSPS) is 25.2. The van der Waals surface area contributed by atoms with Crippen molar-refractivity contribution < 1.29 is 4.74 Å². The molecule has 1 aromatic carbocycles. The number of hydrogen-bond donors (Lipinski definition) is 1. The van der Waals surface area contributed by atoms with Gasteiger partial charge in [0, 0.05) is 54.3 Å². The van der Waals surface area contributed by atoms with Crippen LogP contribution in [-0.2, 0) is 6.54 Å². The Labute approximate surface area is 185 Å². The van der Waals surface area contributed by atoms with Crippen LogP contribution in [-0.4, -0.2) is 29.8 Å². The van der Waals surface area contributed by atoms with Gasteiger partial charge in [-0.2, -0.15) is 0 Å². The molecular formula is C21H24Cl3N3O2. The highest BCUT2D eigenvalue weighted by atomic mass is 35.5. The highest BCUT2D eigenvalue weighted by molar-refractivity contribution is 6.34. The third-order valence-electron chi connectivity index (χ3n) is 6.13. The number of piperidine rings is 1. The number of anilines is 1. The van der Waals surface area contributed by atoms with E-state index in [1.165, 1.54) is 0 Å². The zero-order valence-corrected chi connectivity index (χ0v) is 18.5. The Morgan fingerprint density at radius 2 is 2.07 bits per heavy atom. The molecule has 4 rings (SSSR count). The number of aromatic nitrogens is 1. The van der Waals surface area contributed by atoms with Crippen molar-refractivity contribution in [3.63, 3.8) is 0 Å². The number of unbranched alkanes of at least 4 members (excludes halogenated alkanes) is 1. The van der Waals surface area contributed by atoms with Crippen molar-refractivity contribution >= 4 is 40.5 Å². The first-order chi connectivity index (χ1) is 13.8. The van der Waals surface area contributed by atoms with Gasteiger partial charge in [0.05, 0.1) is 17.3 Å². The van der Waals surface area contributed by atoms with Crippen LogP contribution in [0.2, 0.25) is 15.1 Å². The summed E-state index contributed by atoms with van der Waals surface area (Å²) in [6, 6.07) is 7.08. The van der Waals surface area contributed by atoms with Gasteiger partial charge in [0.2, 0.25) is 0 Å². The molecule has 0 amide bonds. The van der Waals surface area contributed by atoms with Gasteiger partial charge in [0.25, 0.3) is 5.56 Å². The molecule has 2 aromatic rings. The first-order valence-corrected chi connectivity index (χ1v) is 11.0. The lowest BCUT2D eigenvalue weighted by Gasteiger charge is -2.25. The number of aryl methyl sites for hydroxylation is 1. The van der Waals surface area contributed by atoms with Crippen molar-refractivity contribution in [2.24, 2.45) is 17.6 Å². The highest BCUT2D eigenvalue weighted by Crippen LogP contribution is 2.55. The summed E-state index contributed by atoms with van der Waals surface area (Å²) in [5.74, 6) is 1.10. The minimum absolute atomic E-state index is 0.139. The van der Waals surface area contributed by atoms with Crippen LogP contribution in [0.5, 0.6) is 5.75 Å². The fourth-order valence-corrected chi connectivity index (χ4v) is 4.93. The zero-order valence-electron chi connectivity index (χ0n) is 16.2. The quantitative estimate of drug-likeness (QED) is 0.668. The maximum Gasteiger partial charge on any atom is 0.271 e. The van der Waals surface area contributed by atoms with E-state index in [0.717, 1.165) is 25.1 Å². The minimum Gasteiger partial charge on any atom is -0.492 e. The average molecular weight is 457 g/mol. The molecule has 1 aliphatic heterocycles. The lowest BCUT2D eigenvalue weighted by atomic mass is 10.2. The number of nitrogens with zero attached hydrogens (tertiary/aromatic N) is 2. The Morgan fingerprint density at radius 1 is 1.28 bits per heavy atom. The largest absolute Gasteiger partial charge is 0.492 e. The second-order valence-corrected chi connectivity index (χ2v) is 9.18. The monoisotopic (exact) mass is 455 g/mol. The molecule has 8 heteroatoms. The van der Waals surface area contributed by atoms with Crippen molar-refractivity contribution in [3.8, 4) is 5.75 Å². The van der Waals surface area contributed by atoms with Crippen LogP contribution in [0.4, 0.5) is 5.69 Å². The number of halogens is 3. The van der Waals surface area contributed by atoms with E-state index in [-0.39, 0.29) is 22.0 Å². The van der Waals surface area contributed by atoms with Gasteiger partial charge >= 0.3 is 0 Å². The van der Waals surface area contributed by atoms with Crippen LogP contribution in [0.25, 0.3) is 0 Å². The minimum atomic E-state index is -0.342. The number of pyridine rings is 1. The molecule has 0 spiro atoms. The van der Waals surface area contributed by atoms with E-state index in [0.29, 0.717) is 41.4 Å². The summed E-state index contributed by atoms with van der Waals surface area (Å²) in [6.07, 6.45) is 3.80. The molecule has 2 heterocycles. The average Bonchev–Trinajstić information content (AvgIpc) is 3.05. The molecule has 1 aliphatic carbocycles. The second kappa shape index (κ2) is 8.03. The molecule has 1 saturated heterocycles. The SMILES string of the molecule is CCCCn1ccc(N2C[C@@H]3[C@H](COc4cc(Cl)ccc4Cl)[C@]3(N)C2)c(Cl)c1=O. The molecule has 29 heavy (non-hydrogen) atoms. The fourth-order valence-electron chi connectivity index (χ4n) is 4.30. The van der Waals surface area contributed by atoms with Crippen LogP contribution in [0.3, 0.4) is 0 Å². The number of hydrogen-bond acceptors (Lipinski definition) is 4. The summed E-state index contributed by atoms with van der Waals surface area (Å²) >= 11 is 18.6. The van der Waals surface area contributed by atoms with Gasteiger partial charge in [0.1, 0.15) is 10.8 Å². The van der Waals surface area contributed by atoms with E-state index in [1.54, 1.807) is 22.8 Å². The van der Waals surface area contributed by atoms with Crippen LogP contribution in [0, 0.1) is 11.8 Å². The Balaban J connectivity index is 1.40. The number of nitrogens with two attached hydrogens (primary N) is 1. The van der Waals surface area contributed by atoms with Crippen molar-refractivity contribution in [2.75, 3.05) is 24.6 Å². The van der Waals surface area contributed by atoms with Gasteiger partial charge < -0.3 is 19.9 Å². The number of fused-ring (bicyclic) bond motifs is 1. The van der Waals surface area contributed by atoms with E-state index in [1.807, 2.05) is 12.3 Å². The van der Waals surface area contributed by atoms with E-state index in [2.05, 4.69) is 11.8 Å². The second-order valence-electron chi connectivity index (χ2n) is 7.96. The Hall–Kier alpha value is -1.40. The topological polar surface area (TPSA) is 60.5 Å². The zero-order chi connectivity index (χ0) is 20.8. The Kier molecular flexibility index (Phi) is 5.77. The highest BCUT2D eigenvalue weighted by Gasteiger charge is 2.67. The smallest absolute Gasteiger partial charge is 0.271 e. The maximum atomic E-state index is 12.5. The standard InChI is InChI=1S/C21H24Cl3N3O2/c1-2-3-7-26-8-6-17(19(24)20(26)28)27-10-14-15(21(14,25)12-27)11-29-18-9-13(22)4-5-16(18)23/h4-6,8-9,14-15H,2-3,7,10-12,25H2,1H3/t14-,15+,21+/m1/s1. The predicted molar refractivity (Wildman–Crippen MR) is 119 cm³/mol. The number of ether oxygens (including phenoxy) is 1. The van der Waals surface area contributed by atoms with Gasteiger partial charge in [-0.3, -0.25) is 4.79 Å². The molecule has 1 aromatic heterocycles. The summed E-state index contributed by atoms with van der Waals surface area (Å²) in [7, 11) is 0. The predicted octanol–water partition coefficient (Wildman–Crippen LogP) is 4.45. The van der Waals surface area contributed by atoms with Crippen molar-refractivity contribution in [2.45, 2.75) is 31.8 Å². The number of benzene rings is 1. The molecule has 156 valence electrons. The summed E-state index contributed by atoms with van der Waals surface area (Å²) in [5.41, 5.74) is 6.91.